The highest BCUT2D eigenvalue weighted by molar-refractivity contribution is 5.73. The van der Waals surface area contributed by atoms with Crippen LogP contribution in [0.5, 0.6) is 0 Å². The van der Waals surface area contributed by atoms with Gasteiger partial charge in [-0.2, -0.15) is 0 Å². The number of aliphatic hydroxyl groups excluding tert-OH is 2. The summed E-state index contributed by atoms with van der Waals surface area (Å²) in [6, 6.07) is 0. The molecule has 1 aliphatic heterocycles. The molecule has 3 N–H and O–H groups in total. The third-order valence-corrected chi connectivity index (χ3v) is 2.45. The highest BCUT2D eigenvalue weighted by Gasteiger charge is 2.43. The molecule has 1 fully saturated rings. The maximum absolute atomic E-state index is 10.6. The molecule has 0 amide bonds. The van der Waals surface area contributed by atoms with Crippen molar-refractivity contribution in [2.75, 3.05) is 0 Å². The molecule has 0 aliphatic carbocycles. The Hall–Kier alpha value is -0.650. The third-order valence-electron chi connectivity index (χ3n) is 2.45. The normalized spacial score (nSPS) is 46.0. The summed E-state index contributed by atoms with van der Waals surface area (Å²) in [6.45, 7) is 3.08. The van der Waals surface area contributed by atoms with Crippen molar-refractivity contribution in [3.63, 3.8) is 0 Å². The molecule has 1 heterocycles. The second-order valence-corrected chi connectivity index (χ2v) is 3.44. The van der Waals surface area contributed by atoms with Crippen LogP contribution < -0.4 is 0 Å². The molecule has 2 unspecified atom stereocenters. The van der Waals surface area contributed by atoms with E-state index >= 15 is 0 Å². The van der Waals surface area contributed by atoms with Gasteiger partial charge in [0.15, 0.2) is 6.10 Å². The van der Waals surface area contributed by atoms with Crippen molar-refractivity contribution in [2.45, 2.75) is 38.3 Å². The van der Waals surface area contributed by atoms with E-state index in [2.05, 4.69) is 0 Å². The van der Waals surface area contributed by atoms with Gasteiger partial charge in [-0.15, -0.1) is 0 Å². The molecule has 0 spiro atoms. The highest BCUT2D eigenvalue weighted by atomic mass is 16.5. The van der Waals surface area contributed by atoms with Crippen LogP contribution in [0, 0.1) is 5.92 Å². The van der Waals surface area contributed by atoms with E-state index in [1.165, 1.54) is 6.92 Å². The molecular weight excluding hydrogens is 176 g/mol. The number of rotatable bonds is 1. The largest absolute Gasteiger partial charge is 0.479 e. The summed E-state index contributed by atoms with van der Waals surface area (Å²) in [6.07, 6.45) is -3.73. The van der Waals surface area contributed by atoms with Gasteiger partial charge in [-0.05, 0) is 6.92 Å². The van der Waals surface area contributed by atoms with Crippen LogP contribution in [0.3, 0.4) is 0 Å². The lowest BCUT2D eigenvalue weighted by molar-refractivity contribution is -0.204. The van der Waals surface area contributed by atoms with Crippen LogP contribution >= 0.6 is 0 Å². The second-order valence-electron chi connectivity index (χ2n) is 3.44. The maximum atomic E-state index is 10.6. The molecule has 0 aromatic rings. The van der Waals surface area contributed by atoms with E-state index in [0.717, 1.165) is 0 Å². The van der Waals surface area contributed by atoms with Crippen LogP contribution in [0.15, 0.2) is 0 Å². The zero-order chi connectivity index (χ0) is 10.2. The fourth-order valence-electron chi connectivity index (χ4n) is 1.49. The van der Waals surface area contributed by atoms with Gasteiger partial charge in [0.05, 0.1) is 12.2 Å². The van der Waals surface area contributed by atoms with E-state index in [0.29, 0.717) is 0 Å². The lowest BCUT2D eigenvalue weighted by Gasteiger charge is -2.38. The number of ether oxygens (including phenoxy) is 1. The summed E-state index contributed by atoms with van der Waals surface area (Å²) in [5, 5.41) is 27.5. The Kier molecular flexibility index (Phi) is 2.90. The van der Waals surface area contributed by atoms with Crippen LogP contribution in [0.4, 0.5) is 0 Å². The van der Waals surface area contributed by atoms with Crippen LogP contribution in [-0.2, 0) is 9.53 Å². The molecule has 0 aromatic carbocycles. The van der Waals surface area contributed by atoms with Crippen molar-refractivity contribution in [3.05, 3.63) is 0 Å². The van der Waals surface area contributed by atoms with Crippen molar-refractivity contribution in [1.82, 2.24) is 0 Å². The number of carboxylic acid groups (broad SMARTS) is 1. The molecule has 1 saturated heterocycles. The minimum atomic E-state index is -1.11. The number of aliphatic hydroxyl groups is 2. The number of hydrogen-bond acceptors (Lipinski definition) is 4. The van der Waals surface area contributed by atoms with E-state index in [9.17, 15) is 15.0 Å². The Bertz CT molecular complexity index is 205. The Morgan fingerprint density at radius 3 is 2.23 bits per heavy atom. The smallest absolute Gasteiger partial charge is 0.333 e. The fraction of sp³-hybridized carbons (Fsp3) is 0.875. The van der Waals surface area contributed by atoms with E-state index in [1.807, 2.05) is 0 Å². The molecule has 0 radical (unpaired) electrons. The Morgan fingerprint density at radius 2 is 1.77 bits per heavy atom. The van der Waals surface area contributed by atoms with Crippen LogP contribution in [-0.4, -0.2) is 45.7 Å². The molecule has 1 aliphatic rings. The van der Waals surface area contributed by atoms with Gasteiger partial charge in [-0.1, -0.05) is 6.92 Å². The lowest BCUT2D eigenvalue weighted by Crippen LogP contribution is -2.54. The minimum absolute atomic E-state index is 0.594. The molecule has 1 rings (SSSR count). The Morgan fingerprint density at radius 1 is 1.23 bits per heavy atom. The summed E-state index contributed by atoms with van der Waals surface area (Å²) >= 11 is 0. The van der Waals surface area contributed by atoms with E-state index in [4.69, 9.17) is 9.84 Å². The Balaban J connectivity index is 2.76. The van der Waals surface area contributed by atoms with E-state index in [1.54, 1.807) is 6.92 Å². The molecule has 5 atom stereocenters. The summed E-state index contributed by atoms with van der Waals surface area (Å²) < 4.78 is 5.03. The van der Waals surface area contributed by atoms with Gasteiger partial charge in [0.2, 0.25) is 0 Å². The van der Waals surface area contributed by atoms with Crippen LogP contribution in [0.2, 0.25) is 0 Å². The molecule has 0 saturated carbocycles. The number of hydrogen-bond donors (Lipinski definition) is 3. The van der Waals surface area contributed by atoms with Crippen molar-refractivity contribution in [2.24, 2.45) is 5.92 Å². The molecule has 5 heteroatoms. The first kappa shape index (κ1) is 10.4. The van der Waals surface area contributed by atoms with Gasteiger partial charge in [-0.3, -0.25) is 0 Å². The standard InChI is InChI=1S/C8H14O5/c1-3-5(9)6(10)4(2)13-7(3)8(11)12/h3-7,9-10H,1-2H3,(H,11,12)/t3-,4-,5?,6-,7?/m1/s1. The van der Waals surface area contributed by atoms with Gasteiger partial charge in [0.25, 0.3) is 0 Å². The molecular formula is C8H14O5. The predicted molar refractivity (Wildman–Crippen MR) is 43.1 cm³/mol. The highest BCUT2D eigenvalue weighted by Crippen LogP contribution is 2.25. The predicted octanol–water partition coefficient (Wildman–Crippen LogP) is -0.784. The van der Waals surface area contributed by atoms with Gasteiger partial charge >= 0.3 is 5.97 Å². The second kappa shape index (κ2) is 3.61. The van der Waals surface area contributed by atoms with E-state index in [-0.39, 0.29) is 0 Å². The lowest BCUT2D eigenvalue weighted by atomic mass is 9.88. The molecule has 13 heavy (non-hydrogen) atoms. The first-order valence-corrected chi connectivity index (χ1v) is 4.19. The third kappa shape index (κ3) is 1.82. The van der Waals surface area contributed by atoms with Gasteiger partial charge in [0, 0.05) is 5.92 Å². The maximum Gasteiger partial charge on any atom is 0.333 e. The van der Waals surface area contributed by atoms with Gasteiger partial charge in [0.1, 0.15) is 6.10 Å². The van der Waals surface area contributed by atoms with Gasteiger partial charge < -0.3 is 20.1 Å². The zero-order valence-corrected chi connectivity index (χ0v) is 7.54. The first-order valence-electron chi connectivity index (χ1n) is 4.19. The monoisotopic (exact) mass is 190 g/mol. The summed E-state index contributed by atoms with van der Waals surface area (Å²) in [7, 11) is 0. The summed E-state index contributed by atoms with van der Waals surface area (Å²) in [5.41, 5.74) is 0. The average Bonchev–Trinajstić information content (AvgIpc) is 2.07. The quantitative estimate of drug-likeness (QED) is 0.504. The van der Waals surface area contributed by atoms with Crippen molar-refractivity contribution in [3.8, 4) is 0 Å². The van der Waals surface area contributed by atoms with E-state index < -0.39 is 36.3 Å². The molecule has 76 valence electrons. The SMILES string of the molecule is C[C@H]1C(C(=O)O)O[C@H](C)[C@@H](O)C1O. The zero-order valence-electron chi connectivity index (χ0n) is 7.54. The Labute approximate surface area is 75.9 Å². The van der Waals surface area contributed by atoms with Crippen molar-refractivity contribution >= 4 is 5.97 Å². The fourth-order valence-corrected chi connectivity index (χ4v) is 1.49. The van der Waals surface area contributed by atoms with Crippen molar-refractivity contribution < 1.29 is 24.9 Å². The molecule has 5 nitrogen and oxygen atoms in total. The van der Waals surface area contributed by atoms with Crippen LogP contribution in [0.25, 0.3) is 0 Å². The first-order chi connectivity index (χ1) is 5.95. The minimum Gasteiger partial charge on any atom is -0.479 e. The van der Waals surface area contributed by atoms with Crippen molar-refractivity contribution in [1.29, 1.82) is 0 Å². The topological polar surface area (TPSA) is 87.0 Å². The number of carboxylic acids is 1. The number of carbonyl (C=O) groups is 1. The van der Waals surface area contributed by atoms with Crippen LogP contribution in [0.1, 0.15) is 13.8 Å². The number of aliphatic carboxylic acids is 1. The molecule has 0 bridgehead atoms. The summed E-state index contributed by atoms with van der Waals surface area (Å²) in [4.78, 5) is 10.6. The van der Waals surface area contributed by atoms with Gasteiger partial charge in [-0.25, -0.2) is 4.79 Å². The average molecular weight is 190 g/mol. The summed E-state index contributed by atoms with van der Waals surface area (Å²) in [5.74, 6) is -1.70. The molecule has 0 aromatic heterocycles.